The van der Waals surface area contributed by atoms with Gasteiger partial charge in [-0.3, -0.25) is 4.98 Å². The Morgan fingerprint density at radius 3 is 2.88 bits per heavy atom. The molecule has 1 aromatic heterocycles. The summed E-state index contributed by atoms with van der Waals surface area (Å²) >= 11 is 0. The van der Waals surface area contributed by atoms with Crippen LogP contribution in [0.2, 0.25) is 0 Å². The number of nitrogens with zero attached hydrogens (tertiary/aromatic N) is 2. The molecular weight excluding hydrogens is 212 g/mol. The highest BCUT2D eigenvalue weighted by molar-refractivity contribution is 5.34. The molecule has 0 amide bonds. The summed E-state index contributed by atoms with van der Waals surface area (Å²) in [5.41, 5.74) is 2.01. The van der Waals surface area contributed by atoms with Crippen molar-refractivity contribution in [3.05, 3.63) is 17.6 Å². The van der Waals surface area contributed by atoms with Crippen LogP contribution in [0.1, 0.15) is 31.2 Å². The van der Waals surface area contributed by atoms with E-state index in [2.05, 4.69) is 27.5 Å². The van der Waals surface area contributed by atoms with Crippen molar-refractivity contribution in [2.45, 2.75) is 39.7 Å². The van der Waals surface area contributed by atoms with E-state index in [1.54, 1.807) is 0 Å². The number of nitrogens with one attached hydrogen (secondary N) is 2. The van der Waals surface area contributed by atoms with Gasteiger partial charge in [0.1, 0.15) is 5.82 Å². The van der Waals surface area contributed by atoms with Gasteiger partial charge in [-0.2, -0.15) is 0 Å². The van der Waals surface area contributed by atoms with Gasteiger partial charge in [0.05, 0.1) is 17.6 Å². The highest BCUT2D eigenvalue weighted by Crippen LogP contribution is 2.17. The largest absolute Gasteiger partial charge is 0.366 e. The van der Waals surface area contributed by atoms with Crippen LogP contribution in [0.4, 0.5) is 5.82 Å². The van der Waals surface area contributed by atoms with Crippen molar-refractivity contribution in [2.24, 2.45) is 5.92 Å². The predicted octanol–water partition coefficient (Wildman–Crippen LogP) is 1.89. The van der Waals surface area contributed by atoms with Gasteiger partial charge in [-0.05, 0) is 52.6 Å². The monoisotopic (exact) mass is 234 g/mol. The SMILES string of the molecule is Cc1ncc(NC(C)C2CCCNC2)nc1C. The second-order valence-corrected chi connectivity index (χ2v) is 4.97. The van der Waals surface area contributed by atoms with E-state index >= 15 is 0 Å². The molecule has 2 N–H and O–H groups in total. The molecule has 0 radical (unpaired) electrons. The minimum Gasteiger partial charge on any atom is -0.366 e. The summed E-state index contributed by atoms with van der Waals surface area (Å²) < 4.78 is 0. The maximum atomic E-state index is 4.51. The summed E-state index contributed by atoms with van der Waals surface area (Å²) in [6, 6.07) is 0.444. The number of rotatable bonds is 3. The van der Waals surface area contributed by atoms with E-state index in [1.807, 2.05) is 20.0 Å². The Hall–Kier alpha value is -1.16. The van der Waals surface area contributed by atoms with Crippen LogP contribution in [0.5, 0.6) is 0 Å². The molecule has 2 rings (SSSR count). The van der Waals surface area contributed by atoms with Crippen LogP contribution < -0.4 is 10.6 Å². The lowest BCUT2D eigenvalue weighted by atomic mass is 9.93. The Labute approximate surface area is 103 Å². The van der Waals surface area contributed by atoms with Crippen molar-refractivity contribution in [2.75, 3.05) is 18.4 Å². The average molecular weight is 234 g/mol. The molecule has 0 aliphatic carbocycles. The normalized spacial score (nSPS) is 22.2. The molecule has 2 heterocycles. The van der Waals surface area contributed by atoms with Gasteiger partial charge in [0.2, 0.25) is 0 Å². The van der Waals surface area contributed by atoms with Gasteiger partial charge in [0.25, 0.3) is 0 Å². The van der Waals surface area contributed by atoms with Crippen molar-refractivity contribution < 1.29 is 0 Å². The standard InChI is InChI=1S/C13H22N4/c1-9-10(2)16-13(8-15-9)17-11(3)12-5-4-6-14-7-12/h8,11-12,14H,4-7H2,1-3H3,(H,16,17). The van der Waals surface area contributed by atoms with E-state index in [-0.39, 0.29) is 0 Å². The van der Waals surface area contributed by atoms with Crippen LogP contribution >= 0.6 is 0 Å². The van der Waals surface area contributed by atoms with Crippen molar-refractivity contribution in [1.82, 2.24) is 15.3 Å². The number of hydrogen-bond donors (Lipinski definition) is 2. The molecule has 1 saturated heterocycles. The number of anilines is 1. The Morgan fingerprint density at radius 2 is 2.24 bits per heavy atom. The third-order valence-electron chi connectivity index (χ3n) is 3.61. The van der Waals surface area contributed by atoms with Crippen LogP contribution in [0.25, 0.3) is 0 Å². The van der Waals surface area contributed by atoms with E-state index < -0.39 is 0 Å². The van der Waals surface area contributed by atoms with Crippen LogP contribution in [0, 0.1) is 19.8 Å². The molecule has 2 unspecified atom stereocenters. The first-order valence-corrected chi connectivity index (χ1v) is 6.44. The fourth-order valence-electron chi connectivity index (χ4n) is 2.27. The van der Waals surface area contributed by atoms with E-state index in [1.165, 1.54) is 12.8 Å². The Kier molecular flexibility index (Phi) is 3.94. The average Bonchev–Trinajstić information content (AvgIpc) is 2.35. The van der Waals surface area contributed by atoms with Gasteiger partial charge >= 0.3 is 0 Å². The van der Waals surface area contributed by atoms with Crippen LogP contribution in [0.3, 0.4) is 0 Å². The predicted molar refractivity (Wildman–Crippen MR) is 70.2 cm³/mol. The van der Waals surface area contributed by atoms with Crippen LogP contribution in [0.15, 0.2) is 6.20 Å². The molecule has 4 nitrogen and oxygen atoms in total. The minimum atomic E-state index is 0.444. The van der Waals surface area contributed by atoms with Gasteiger partial charge in [0, 0.05) is 6.04 Å². The summed E-state index contributed by atoms with van der Waals surface area (Å²) in [6.07, 6.45) is 4.39. The summed E-state index contributed by atoms with van der Waals surface area (Å²) in [6.45, 7) is 8.48. The van der Waals surface area contributed by atoms with Gasteiger partial charge in [-0.1, -0.05) is 0 Å². The zero-order chi connectivity index (χ0) is 12.3. The zero-order valence-corrected chi connectivity index (χ0v) is 11.0. The Morgan fingerprint density at radius 1 is 1.41 bits per heavy atom. The van der Waals surface area contributed by atoms with Crippen LogP contribution in [-0.4, -0.2) is 29.1 Å². The summed E-state index contributed by atoms with van der Waals surface area (Å²) in [5.74, 6) is 1.58. The molecule has 0 aromatic carbocycles. The summed E-state index contributed by atoms with van der Waals surface area (Å²) in [5, 5.41) is 6.91. The maximum absolute atomic E-state index is 4.51. The summed E-state index contributed by atoms with van der Waals surface area (Å²) in [7, 11) is 0. The smallest absolute Gasteiger partial charge is 0.145 e. The first kappa shape index (κ1) is 12.3. The molecule has 94 valence electrons. The molecule has 1 aliphatic heterocycles. The number of piperidine rings is 1. The second kappa shape index (κ2) is 5.45. The molecule has 4 heteroatoms. The molecule has 0 saturated carbocycles. The van der Waals surface area contributed by atoms with Gasteiger partial charge in [-0.15, -0.1) is 0 Å². The van der Waals surface area contributed by atoms with Gasteiger partial charge in [-0.25, -0.2) is 4.98 Å². The molecule has 1 aliphatic rings. The number of aromatic nitrogens is 2. The van der Waals surface area contributed by atoms with Crippen molar-refractivity contribution in [3.8, 4) is 0 Å². The molecule has 17 heavy (non-hydrogen) atoms. The lowest BCUT2D eigenvalue weighted by molar-refractivity contribution is 0.346. The Balaban J connectivity index is 1.96. The van der Waals surface area contributed by atoms with E-state index in [0.717, 1.165) is 30.3 Å². The Bertz CT molecular complexity index is 372. The summed E-state index contributed by atoms with van der Waals surface area (Å²) in [4.78, 5) is 8.85. The van der Waals surface area contributed by atoms with E-state index in [9.17, 15) is 0 Å². The molecule has 0 bridgehead atoms. The van der Waals surface area contributed by atoms with Crippen LogP contribution in [-0.2, 0) is 0 Å². The fraction of sp³-hybridized carbons (Fsp3) is 0.692. The fourth-order valence-corrected chi connectivity index (χ4v) is 2.27. The third kappa shape index (κ3) is 3.16. The van der Waals surface area contributed by atoms with E-state index in [4.69, 9.17) is 0 Å². The van der Waals surface area contributed by atoms with Crippen molar-refractivity contribution >= 4 is 5.82 Å². The molecule has 2 atom stereocenters. The van der Waals surface area contributed by atoms with E-state index in [0.29, 0.717) is 12.0 Å². The lowest BCUT2D eigenvalue weighted by Crippen LogP contribution is -2.39. The second-order valence-electron chi connectivity index (χ2n) is 4.97. The quantitative estimate of drug-likeness (QED) is 0.838. The third-order valence-corrected chi connectivity index (χ3v) is 3.61. The highest BCUT2D eigenvalue weighted by atomic mass is 15.0. The number of aryl methyl sites for hydroxylation is 2. The lowest BCUT2D eigenvalue weighted by Gasteiger charge is -2.29. The van der Waals surface area contributed by atoms with Crippen molar-refractivity contribution in [1.29, 1.82) is 0 Å². The maximum Gasteiger partial charge on any atom is 0.145 e. The molecule has 1 fully saturated rings. The highest BCUT2D eigenvalue weighted by Gasteiger charge is 2.19. The van der Waals surface area contributed by atoms with Gasteiger partial charge < -0.3 is 10.6 Å². The van der Waals surface area contributed by atoms with Crippen molar-refractivity contribution in [3.63, 3.8) is 0 Å². The topological polar surface area (TPSA) is 49.8 Å². The molecule has 0 spiro atoms. The zero-order valence-electron chi connectivity index (χ0n) is 11.0. The molecule has 1 aromatic rings. The van der Waals surface area contributed by atoms with Gasteiger partial charge in [0.15, 0.2) is 0 Å². The number of hydrogen-bond acceptors (Lipinski definition) is 4. The minimum absolute atomic E-state index is 0.444. The first-order chi connectivity index (χ1) is 8.16. The first-order valence-electron chi connectivity index (χ1n) is 6.44. The molecular formula is C13H22N4.